The van der Waals surface area contributed by atoms with E-state index in [1.807, 2.05) is 19.2 Å². The van der Waals surface area contributed by atoms with Crippen LogP contribution in [0.1, 0.15) is 41.3 Å². The molecule has 0 atom stereocenters. The first-order valence-electron chi connectivity index (χ1n) is 8.06. The molecule has 0 aliphatic heterocycles. The van der Waals surface area contributed by atoms with Crippen molar-refractivity contribution in [3.8, 4) is 0 Å². The molecule has 0 aliphatic carbocycles. The zero-order chi connectivity index (χ0) is 16.8. The molecule has 0 fully saturated rings. The number of hydrogen-bond donors (Lipinski definition) is 1. The van der Waals surface area contributed by atoms with Gasteiger partial charge in [-0.15, -0.1) is 0 Å². The van der Waals surface area contributed by atoms with Gasteiger partial charge < -0.3 is 10.2 Å². The number of aryl methyl sites for hydroxylation is 2. The molecule has 2 rings (SSSR count). The van der Waals surface area contributed by atoms with Crippen LogP contribution in [-0.2, 0) is 0 Å². The van der Waals surface area contributed by atoms with E-state index in [1.165, 1.54) is 11.1 Å². The third-order valence-electron chi connectivity index (χ3n) is 3.97. The van der Waals surface area contributed by atoms with Gasteiger partial charge in [-0.3, -0.25) is 9.78 Å². The number of carbonyl (C=O) groups is 1. The summed E-state index contributed by atoms with van der Waals surface area (Å²) in [6.07, 6.45) is 5.44. The van der Waals surface area contributed by atoms with E-state index < -0.39 is 0 Å². The Morgan fingerprint density at radius 2 is 1.91 bits per heavy atom. The summed E-state index contributed by atoms with van der Waals surface area (Å²) in [6, 6.07) is 8.06. The summed E-state index contributed by atoms with van der Waals surface area (Å²) in [4.78, 5) is 18.4. The maximum Gasteiger partial charge on any atom is 0.255 e. The lowest BCUT2D eigenvalue weighted by Crippen LogP contribution is -2.27. The molecule has 2 aromatic rings. The highest BCUT2D eigenvalue weighted by Gasteiger charge is 2.12. The van der Waals surface area contributed by atoms with Gasteiger partial charge in [-0.2, -0.15) is 0 Å². The predicted molar refractivity (Wildman–Crippen MR) is 95.3 cm³/mol. The van der Waals surface area contributed by atoms with E-state index in [1.54, 1.807) is 17.3 Å². The van der Waals surface area contributed by atoms with E-state index in [4.69, 9.17) is 0 Å². The number of amides is 1. The Labute approximate surface area is 138 Å². The Bertz CT molecular complexity index is 682. The first kappa shape index (κ1) is 17.0. The third kappa shape index (κ3) is 4.55. The number of rotatable bonds is 6. The molecule has 122 valence electrons. The number of unbranched alkanes of at least 4 members (excludes halogenated alkanes) is 1. The molecule has 1 amide bonds. The largest absolute Gasteiger partial charge is 0.354 e. The van der Waals surface area contributed by atoms with Crippen molar-refractivity contribution in [2.45, 2.75) is 33.6 Å². The van der Waals surface area contributed by atoms with Crippen LogP contribution in [0.2, 0.25) is 0 Å². The third-order valence-corrected chi connectivity index (χ3v) is 3.97. The van der Waals surface area contributed by atoms with Crippen molar-refractivity contribution in [1.29, 1.82) is 0 Å². The van der Waals surface area contributed by atoms with Gasteiger partial charge >= 0.3 is 0 Å². The van der Waals surface area contributed by atoms with Crippen molar-refractivity contribution in [2.75, 3.05) is 18.9 Å². The van der Waals surface area contributed by atoms with E-state index in [2.05, 4.69) is 43.2 Å². The molecule has 0 unspecified atom stereocenters. The monoisotopic (exact) mass is 311 g/mol. The molecule has 0 aliphatic rings. The van der Waals surface area contributed by atoms with Crippen molar-refractivity contribution in [3.63, 3.8) is 0 Å². The van der Waals surface area contributed by atoms with Crippen LogP contribution in [0.4, 0.5) is 11.4 Å². The number of nitrogens with one attached hydrogen (secondary N) is 1. The minimum atomic E-state index is 0.00897. The molecule has 1 N–H and O–H groups in total. The van der Waals surface area contributed by atoms with Gasteiger partial charge in [0.2, 0.25) is 0 Å². The van der Waals surface area contributed by atoms with Crippen LogP contribution in [0.25, 0.3) is 0 Å². The Balaban J connectivity index is 2.13. The lowest BCUT2D eigenvalue weighted by atomic mass is 10.1. The van der Waals surface area contributed by atoms with Gasteiger partial charge in [-0.05, 0) is 49.6 Å². The number of anilines is 2. The normalized spacial score (nSPS) is 10.4. The number of hydrogen-bond acceptors (Lipinski definition) is 3. The summed E-state index contributed by atoms with van der Waals surface area (Å²) in [7, 11) is 1.83. The molecule has 0 radical (unpaired) electrons. The highest BCUT2D eigenvalue weighted by molar-refractivity contribution is 5.94. The number of carbonyl (C=O) groups excluding carboxylic acids is 1. The van der Waals surface area contributed by atoms with Crippen LogP contribution in [-0.4, -0.2) is 29.4 Å². The van der Waals surface area contributed by atoms with Gasteiger partial charge in [0.15, 0.2) is 0 Å². The van der Waals surface area contributed by atoms with Crippen LogP contribution >= 0.6 is 0 Å². The van der Waals surface area contributed by atoms with E-state index >= 15 is 0 Å². The molecule has 1 aromatic carbocycles. The molecule has 0 spiro atoms. The Hall–Kier alpha value is -2.36. The van der Waals surface area contributed by atoms with Crippen molar-refractivity contribution in [3.05, 3.63) is 53.3 Å². The quantitative estimate of drug-likeness (QED) is 0.864. The van der Waals surface area contributed by atoms with Crippen LogP contribution in [0, 0.1) is 13.8 Å². The van der Waals surface area contributed by atoms with E-state index in [0.29, 0.717) is 5.56 Å². The van der Waals surface area contributed by atoms with Gasteiger partial charge in [0.05, 0.1) is 17.4 Å². The van der Waals surface area contributed by atoms with Gasteiger partial charge in [-0.25, -0.2) is 0 Å². The van der Waals surface area contributed by atoms with Crippen molar-refractivity contribution in [1.82, 2.24) is 9.88 Å². The predicted octanol–water partition coefficient (Wildman–Crippen LogP) is 4.31. The lowest BCUT2D eigenvalue weighted by Gasteiger charge is -2.17. The zero-order valence-corrected chi connectivity index (χ0v) is 14.4. The fraction of sp³-hybridized carbons (Fsp3) is 0.368. The summed E-state index contributed by atoms with van der Waals surface area (Å²) < 4.78 is 0. The highest BCUT2D eigenvalue weighted by Crippen LogP contribution is 2.20. The number of pyridine rings is 1. The standard InChI is InChI=1S/C19H25N3O/c1-5-6-9-22(4)19(23)16-11-18(13-20-12-16)21-17-8-7-14(2)15(3)10-17/h7-8,10-13,21H,5-6,9H2,1-4H3. The maximum atomic E-state index is 12.4. The minimum absolute atomic E-state index is 0.00897. The second-order valence-corrected chi connectivity index (χ2v) is 5.97. The molecule has 1 heterocycles. The van der Waals surface area contributed by atoms with Gasteiger partial charge in [0.25, 0.3) is 5.91 Å². The summed E-state index contributed by atoms with van der Waals surface area (Å²) in [5.41, 5.74) is 4.92. The van der Waals surface area contributed by atoms with E-state index in [-0.39, 0.29) is 5.91 Å². The molecule has 4 heteroatoms. The van der Waals surface area contributed by atoms with Gasteiger partial charge in [0, 0.05) is 25.5 Å². The summed E-state index contributed by atoms with van der Waals surface area (Å²) in [5, 5.41) is 3.32. The Morgan fingerprint density at radius 1 is 1.13 bits per heavy atom. The molecule has 0 bridgehead atoms. The average molecular weight is 311 g/mol. The second kappa shape index (κ2) is 7.77. The first-order valence-corrected chi connectivity index (χ1v) is 8.06. The molecule has 23 heavy (non-hydrogen) atoms. The van der Waals surface area contributed by atoms with Crippen LogP contribution in [0.5, 0.6) is 0 Å². The highest BCUT2D eigenvalue weighted by atomic mass is 16.2. The van der Waals surface area contributed by atoms with Crippen molar-refractivity contribution >= 4 is 17.3 Å². The second-order valence-electron chi connectivity index (χ2n) is 5.97. The molecule has 4 nitrogen and oxygen atoms in total. The number of aromatic nitrogens is 1. The smallest absolute Gasteiger partial charge is 0.255 e. The van der Waals surface area contributed by atoms with Crippen molar-refractivity contribution in [2.24, 2.45) is 0 Å². The van der Waals surface area contributed by atoms with Crippen molar-refractivity contribution < 1.29 is 4.79 Å². The summed E-state index contributed by atoms with van der Waals surface area (Å²) >= 11 is 0. The Kier molecular flexibility index (Phi) is 5.74. The maximum absolute atomic E-state index is 12.4. The number of benzene rings is 1. The summed E-state index contributed by atoms with van der Waals surface area (Å²) in [6.45, 7) is 7.06. The molecule has 1 aromatic heterocycles. The fourth-order valence-corrected chi connectivity index (χ4v) is 2.33. The topological polar surface area (TPSA) is 45.2 Å². The van der Waals surface area contributed by atoms with Gasteiger partial charge in [-0.1, -0.05) is 19.4 Å². The Morgan fingerprint density at radius 3 is 2.61 bits per heavy atom. The van der Waals surface area contributed by atoms with E-state index in [0.717, 1.165) is 30.8 Å². The van der Waals surface area contributed by atoms with Crippen LogP contribution in [0.15, 0.2) is 36.7 Å². The SMILES string of the molecule is CCCCN(C)C(=O)c1cncc(Nc2ccc(C)c(C)c2)c1. The average Bonchev–Trinajstić information content (AvgIpc) is 2.55. The van der Waals surface area contributed by atoms with Crippen LogP contribution in [0.3, 0.4) is 0 Å². The fourth-order valence-electron chi connectivity index (χ4n) is 2.33. The molecular weight excluding hydrogens is 286 g/mol. The van der Waals surface area contributed by atoms with E-state index in [9.17, 15) is 4.79 Å². The molecule has 0 saturated heterocycles. The number of nitrogens with zero attached hydrogens (tertiary/aromatic N) is 2. The molecule has 0 saturated carbocycles. The van der Waals surface area contributed by atoms with Crippen LogP contribution < -0.4 is 5.32 Å². The van der Waals surface area contributed by atoms with Gasteiger partial charge in [0.1, 0.15) is 0 Å². The molecular formula is C19H25N3O. The lowest BCUT2D eigenvalue weighted by molar-refractivity contribution is 0.0793. The summed E-state index contributed by atoms with van der Waals surface area (Å²) in [5.74, 6) is 0.00897. The first-order chi connectivity index (χ1) is 11.0. The minimum Gasteiger partial charge on any atom is -0.354 e. The zero-order valence-electron chi connectivity index (χ0n) is 14.4.